The molecule has 5 nitrogen and oxygen atoms in total. The Morgan fingerprint density at radius 3 is 2.72 bits per heavy atom. The van der Waals surface area contributed by atoms with Crippen LogP contribution < -0.4 is 0 Å². The van der Waals surface area contributed by atoms with Crippen molar-refractivity contribution in [2.75, 3.05) is 6.61 Å². The fourth-order valence-corrected chi connectivity index (χ4v) is 4.48. The van der Waals surface area contributed by atoms with Gasteiger partial charge in [-0.2, -0.15) is 5.26 Å². The largest absolute Gasteiger partial charge is 0.462 e. The Balaban J connectivity index is 2.10. The summed E-state index contributed by atoms with van der Waals surface area (Å²) < 4.78 is 5.93. The van der Waals surface area contributed by atoms with E-state index in [1.54, 1.807) is 13.8 Å². The Bertz CT molecular complexity index is 996. The van der Waals surface area contributed by atoms with Crippen LogP contribution in [0.3, 0.4) is 0 Å². The first-order valence-electron chi connectivity index (χ1n) is 7.94. The van der Waals surface area contributed by atoms with Crippen LogP contribution in [0.25, 0.3) is 20.1 Å². The van der Waals surface area contributed by atoms with E-state index in [2.05, 4.69) is 29.9 Å². The van der Waals surface area contributed by atoms with Crippen molar-refractivity contribution in [1.82, 2.24) is 9.97 Å². The van der Waals surface area contributed by atoms with E-state index in [9.17, 15) is 10.1 Å². The maximum atomic E-state index is 12.0. The van der Waals surface area contributed by atoms with Gasteiger partial charge in [-0.1, -0.05) is 13.8 Å². The van der Waals surface area contributed by atoms with Gasteiger partial charge in [-0.25, -0.2) is 9.78 Å². The summed E-state index contributed by atoms with van der Waals surface area (Å²) in [6.07, 6.45) is 0. The van der Waals surface area contributed by atoms with Crippen molar-refractivity contribution in [2.24, 2.45) is 0 Å². The smallest absolute Gasteiger partial charge is 0.350 e. The lowest BCUT2D eigenvalue weighted by Crippen LogP contribution is -2.03. The molecule has 3 aromatic heterocycles. The summed E-state index contributed by atoms with van der Waals surface area (Å²) >= 11 is 2.79. The minimum atomic E-state index is -0.345. The summed E-state index contributed by atoms with van der Waals surface area (Å²) in [7, 11) is 0. The van der Waals surface area contributed by atoms with Crippen molar-refractivity contribution in [1.29, 1.82) is 5.26 Å². The van der Waals surface area contributed by atoms with Gasteiger partial charge in [0.15, 0.2) is 0 Å². The molecule has 0 aliphatic heterocycles. The van der Waals surface area contributed by atoms with Gasteiger partial charge in [0.25, 0.3) is 0 Å². The molecule has 3 heterocycles. The number of pyridine rings is 1. The third-order valence-electron chi connectivity index (χ3n) is 3.68. The van der Waals surface area contributed by atoms with E-state index < -0.39 is 0 Å². The number of ether oxygens (including phenoxy) is 1. The van der Waals surface area contributed by atoms with Crippen LogP contribution in [0.2, 0.25) is 0 Å². The molecule has 3 aromatic rings. The highest BCUT2D eigenvalue weighted by Crippen LogP contribution is 2.38. The zero-order valence-electron chi connectivity index (χ0n) is 14.4. The van der Waals surface area contributed by atoms with Gasteiger partial charge in [0, 0.05) is 5.69 Å². The van der Waals surface area contributed by atoms with Crippen LogP contribution in [-0.2, 0) is 4.74 Å². The number of hydrogen-bond donors (Lipinski definition) is 0. The molecule has 7 heteroatoms. The standard InChI is InChI=1S/C18H17N3O2S2/c1-5-23-18(22)15-10(4)20-17(25-15)14-7-13-16(24-14)11(8-19)6-12(21-13)9(2)3/h6-7,9H,5H2,1-4H3. The Morgan fingerprint density at radius 2 is 2.08 bits per heavy atom. The van der Waals surface area contributed by atoms with Gasteiger partial charge in [0.05, 0.1) is 33.0 Å². The molecule has 0 saturated heterocycles. The van der Waals surface area contributed by atoms with Crippen molar-refractivity contribution in [3.05, 3.63) is 34.0 Å². The van der Waals surface area contributed by atoms with Crippen molar-refractivity contribution in [2.45, 2.75) is 33.6 Å². The second-order valence-corrected chi connectivity index (χ2v) is 7.89. The fourth-order valence-electron chi connectivity index (χ4n) is 2.41. The summed E-state index contributed by atoms with van der Waals surface area (Å²) in [4.78, 5) is 22.6. The van der Waals surface area contributed by atoms with Crippen molar-refractivity contribution in [3.8, 4) is 16.0 Å². The summed E-state index contributed by atoms with van der Waals surface area (Å²) in [6, 6.07) is 6.06. The molecule has 0 atom stereocenters. The number of nitriles is 1. The monoisotopic (exact) mass is 371 g/mol. The number of hydrogen-bond acceptors (Lipinski definition) is 7. The maximum Gasteiger partial charge on any atom is 0.350 e. The molecule has 0 amide bonds. The van der Waals surface area contributed by atoms with Crippen molar-refractivity contribution < 1.29 is 9.53 Å². The van der Waals surface area contributed by atoms with Crippen LogP contribution in [0, 0.1) is 18.3 Å². The quantitative estimate of drug-likeness (QED) is 0.610. The number of carbonyl (C=O) groups excluding carboxylic acids is 1. The summed E-state index contributed by atoms with van der Waals surface area (Å²) in [5, 5.41) is 10.2. The normalized spacial score (nSPS) is 11.0. The lowest BCUT2D eigenvalue weighted by molar-refractivity contribution is 0.0531. The maximum absolute atomic E-state index is 12.0. The van der Waals surface area contributed by atoms with Gasteiger partial charge < -0.3 is 4.74 Å². The molecule has 25 heavy (non-hydrogen) atoms. The molecular weight excluding hydrogens is 354 g/mol. The summed E-state index contributed by atoms with van der Waals surface area (Å²) in [5.41, 5.74) is 2.99. The molecule has 0 radical (unpaired) electrons. The second-order valence-electron chi connectivity index (χ2n) is 5.84. The molecule has 0 aliphatic carbocycles. The molecule has 0 saturated carbocycles. The van der Waals surface area contributed by atoms with Crippen LogP contribution >= 0.6 is 22.7 Å². The fraction of sp³-hybridized carbons (Fsp3) is 0.333. The molecule has 0 spiro atoms. The number of aryl methyl sites for hydroxylation is 1. The third kappa shape index (κ3) is 3.28. The Hall–Kier alpha value is -2.30. The van der Waals surface area contributed by atoms with Crippen LogP contribution in [0.4, 0.5) is 0 Å². The molecule has 3 rings (SSSR count). The molecule has 0 aliphatic rings. The molecular formula is C18H17N3O2S2. The van der Waals surface area contributed by atoms with Gasteiger partial charge >= 0.3 is 5.97 Å². The van der Waals surface area contributed by atoms with Gasteiger partial charge in [-0.15, -0.1) is 22.7 Å². The lowest BCUT2D eigenvalue weighted by Gasteiger charge is -2.04. The zero-order valence-corrected chi connectivity index (χ0v) is 16.0. The predicted octanol–water partition coefficient (Wildman–Crippen LogP) is 4.90. The van der Waals surface area contributed by atoms with Gasteiger partial charge in [0.1, 0.15) is 16.0 Å². The number of nitrogens with zero attached hydrogens (tertiary/aromatic N) is 3. The van der Waals surface area contributed by atoms with Crippen LogP contribution in [-0.4, -0.2) is 22.5 Å². The molecule has 0 aromatic carbocycles. The molecule has 0 bridgehead atoms. The molecule has 0 fully saturated rings. The number of fused-ring (bicyclic) bond motifs is 1. The topological polar surface area (TPSA) is 75.9 Å². The highest BCUT2D eigenvalue weighted by molar-refractivity contribution is 7.26. The number of aromatic nitrogens is 2. The Kier molecular flexibility index (Phi) is 4.84. The highest BCUT2D eigenvalue weighted by atomic mass is 32.1. The van der Waals surface area contributed by atoms with E-state index in [1.807, 2.05) is 12.1 Å². The highest BCUT2D eigenvalue weighted by Gasteiger charge is 2.20. The van der Waals surface area contributed by atoms with Crippen LogP contribution in [0.1, 0.15) is 53.3 Å². The van der Waals surface area contributed by atoms with Crippen molar-refractivity contribution >= 4 is 38.9 Å². The zero-order chi connectivity index (χ0) is 18.1. The van der Waals surface area contributed by atoms with E-state index in [0.29, 0.717) is 22.7 Å². The average molecular weight is 371 g/mol. The summed E-state index contributed by atoms with van der Waals surface area (Å²) in [6.45, 7) is 8.02. The first kappa shape index (κ1) is 17.5. The van der Waals surface area contributed by atoms with Crippen LogP contribution in [0.15, 0.2) is 12.1 Å². The summed E-state index contributed by atoms with van der Waals surface area (Å²) in [5.74, 6) is -0.0971. The van der Waals surface area contributed by atoms with Crippen molar-refractivity contribution in [3.63, 3.8) is 0 Å². The minimum Gasteiger partial charge on any atom is -0.462 e. The molecule has 0 N–H and O–H groups in total. The molecule has 128 valence electrons. The number of rotatable bonds is 4. The third-order valence-corrected chi connectivity index (χ3v) is 6.14. The van der Waals surface area contributed by atoms with Gasteiger partial charge in [-0.05, 0) is 31.9 Å². The number of thiophene rings is 1. The SMILES string of the molecule is CCOC(=O)c1sc(-c2cc3nc(C(C)C)cc(C#N)c3s2)nc1C. The van der Waals surface area contributed by atoms with E-state index in [1.165, 1.54) is 22.7 Å². The van der Waals surface area contributed by atoms with E-state index in [0.717, 1.165) is 25.8 Å². The number of carbonyl (C=O) groups is 1. The second kappa shape index (κ2) is 6.90. The predicted molar refractivity (Wildman–Crippen MR) is 100 cm³/mol. The molecule has 0 unspecified atom stereocenters. The van der Waals surface area contributed by atoms with E-state index in [4.69, 9.17) is 4.74 Å². The minimum absolute atomic E-state index is 0.248. The first-order valence-corrected chi connectivity index (χ1v) is 9.57. The first-order chi connectivity index (χ1) is 11.9. The number of esters is 1. The Labute approximate surface area is 153 Å². The van der Waals surface area contributed by atoms with E-state index in [-0.39, 0.29) is 11.9 Å². The van der Waals surface area contributed by atoms with E-state index >= 15 is 0 Å². The average Bonchev–Trinajstić information content (AvgIpc) is 3.17. The van der Waals surface area contributed by atoms with Crippen LogP contribution in [0.5, 0.6) is 0 Å². The Morgan fingerprint density at radius 1 is 1.32 bits per heavy atom. The number of thiazole rings is 1. The van der Waals surface area contributed by atoms with Gasteiger partial charge in [0.2, 0.25) is 0 Å². The lowest BCUT2D eigenvalue weighted by atomic mass is 10.1. The van der Waals surface area contributed by atoms with Gasteiger partial charge in [-0.3, -0.25) is 4.98 Å².